The van der Waals surface area contributed by atoms with Crippen molar-refractivity contribution in [1.29, 1.82) is 0 Å². The fourth-order valence-corrected chi connectivity index (χ4v) is 12.8. The molecule has 3 unspecified atom stereocenters. The third kappa shape index (κ3) is 30.7. The summed E-state index contributed by atoms with van der Waals surface area (Å²) in [5.74, 6) is -1.51. The van der Waals surface area contributed by atoms with Crippen molar-refractivity contribution >= 4 is 59.7 Å². The average molecular weight is 1240 g/mol. The molecular formula is C68H106O20. The molecule has 0 aromatic heterocycles. The van der Waals surface area contributed by atoms with E-state index in [0.29, 0.717) is 48.0 Å². The third-order valence-corrected chi connectivity index (χ3v) is 18.4. The molecule has 6 rings (SSSR count). The number of hydrogen-bond donors (Lipinski definition) is 4. The first-order valence-corrected chi connectivity index (χ1v) is 32.3. The van der Waals surface area contributed by atoms with Crippen LogP contribution in [0.4, 0.5) is 0 Å². The number of carbonyl (C=O) groups excluding carboxylic acids is 6. The number of hydrogen-bond acceptors (Lipinski definition) is 16. The molecule has 0 aromatic carbocycles. The Labute approximate surface area is 522 Å². The summed E-state index contributed by atoms with van der Waals surface area (Å²) in [6, 6.07) is 0. The van der Waals surface area contributed by atoms with Gasteiger partial charge in [0.1, 0.15) is 25.4 Å². The number of aliphatic carboxylic acids is 4. The smallest absolute Gasteiger partial charge is 0.330 e. The lowest BCUT2D eigenvalue weighted by molar-refractivity contribution is -0.161. The zero-order chi connectivity index (χ0) is 65.9. The van der Waals surface area contributed by atoms with E-state index in [-0.39, 0.29) is 78.7 Å². The van der Waals surface area contributed by atoms with E-state index in [1.807, 2.05) is 27.7 Å². The summed E-state index contributed by atoms with van der Waals surface area (Å²) < 4.78 is 30.0. The number of rotatable bonds is 23. The quantitative estimate of drug-likeness (QED) is 0.0420. The van der Waals surface area contributed by atoms with Crippen LogP contribution in [-0.4, -0.2) is 118 Å². The van der Waals surface area contributed by atoms with E-state index in [9.17, 15) is 47.9 Å². The summed E-state index contributed by atoms with van der Waals surface area (Å²) >= 11 is 0. The summed E-state index contributed by atoms with van der Waals surface area (Å²) in [6.45, 7) is 24.9. The first kappa shape index (κ1) is 77.8. The normalized spacial score (nSPS) is 27.5. The topological polar surface area (TPSA) is 307 Å². The Bertz CT molecular complexity index is 2180. The van der Waals surface area contributed by atoms with E-state index < -0.39 is 48.0 Å². The van der Waals surface area contributed by atoms with Gasteiger partial charge in [0.15, 0.2) is 0 Å². The zero-order valence-electron chi connectivity index (χ0n) is 53.5. The fraction of sp³-hybridized carbons (Fsp3) is 0.735. The van der Waals surface area contributed by atoms with Gasteiger partial charge in [0.25, 0.3) is 0 Å². The number of carboxylic acids is 4. The van der Waals surface area contributed by atoms with Crippen molar-refractivity contribution in [3.8, 4) is 0 Å². The minimum absolute atomic E-state index is 0.00972. The van der Waals surface area contributed by atoms with Crippen LogP contribution in [0.5, 0.6) is 0 Å². The van der Waals surface area contributed by atoms with Crippen LogP contribution in [0.3, 0.4) is 0 Å². The van der Waals surface area contributed by atoms with Crippen LogP contribution in [-0.2, 0) is 76.4 Å². The maximum Gasteiger partial charge on any atom is 0.330 e. The maximum atomic E-state index is 12.3. The molecule has 0 saturated heterocycles. The van der Waals surface area contributed by atoms with Crippen molar-refractivity contribution in [2.24, 2.45) is 76.9 Å². The molecule has 498 valence electrons. The molecule has 6 fully saturated rings. The number of esters is 6. The Hall–Kier alpha value is -6.34. The second kappa shape index (κ2) is 42.6. The van der Waals surface area contributed by atoms with E-state index in [1.54, 1.807) is 13.8 Å². The van der Waals surface area contributed by atoms with Crippen LogP contribution in [0.1, 0.15) is 202 Å². The maximum absolute atomic E-state index is 12.3. The Morgan fingerprint density at radius 1 is 0.330 bits per heavy atom. The summed E-state index contributed by atoms with van der Waals surface area (Å²) in [6.07, 6.45) is 26.1. The van der Waals surface area contributed by atoms with Gasteiger partial charge in [-0.1, -0.05) is 47.1 Å². The minimum atomic E-state index is -0.664. The van der Waals surface area contributed by atoms with Crippen LogP contribution < -0.4 is 0 Å². The van der Waals surface area contributed by atoms with Crippen LogP contribution in [0.25, 0.3) is 0 Å². The second-order valence-electron chi connectivity index (χ2n) is 25.3. The molecule has 0 bridgehead atoms. The third-order valence-electron chi connectivity index (χ3n) is 18.4. The van der Waals surface area contributed by atoms with E-state index in [4.69, 9.17) is 48.8 Å². The molecule has 0 heterocycles. The van der Waals surface area contributed by atoms with Gasteiger partial charge in [0, 0.05) is 24.3 Å². The summed E-state index contributed by atoms with van der Waals surface area (Å²) in [5.41, 5.74) is 0. The van der Waals surface area contributed by atoms with Crippen LogP contribution in [0.2, 0.25) is 0 Å². The van der Waals surface area contributed by atoms with E-state index in [2.05, 4.69) is 26.3 Å². The van der Waals surface area contributed by atoms with Gasteiger partial charge in [-0.25, -0.2) is 19.2 Å². The highest BCUT2D eigenvalue weighted by Crippen LogP contribution is 2.44. The standard InChI is InChI=1S/2C20H30O6.C14H22O4.2C7H12O2/c1-3-18(21)26-13(2)12-25-20(24)17-10-6-15(7-11-17)14-4-8-16(9-5-14)19(22)23;1-3-18(21)25-12-13(2)26-20(24)17-10-6-15(7-11-17)14-4-8-16(9-5-14)19(22)23;15-13(16)11-5-1-9(2-6-11)10-3-7-12(8-4-10)14(17)18;1-4-7(8)9-5-6(2)3;1-4-6(3)9-7(8)5-2/h2*3,13-17H,1,4-12H2,2H3,(H,22,23);9-12H,1-8H2,(H,15,16)(H,17,18);4,6H,1,5H2,2-3H3;5-6H,2,4H2,1,3H3. The highest BCUT2D eigenvalue weighted by Gasteiger charge is 2.38. The predicted octanol–water partition coefficient (Wildman–Crippen LogP) is 12.3. The van der Waals surface area contributed by atoms with Gasteiger partial charge in [-0.3, -0.25) is 28.8 Å². The molecule has 0 spiro atoms. The van der Waals surface area contributed by atoms with Crippen molar-refractivity contribution < 1.29 is 96.8 Å². The Balaban J connectivity index is 0.000000399. The number of ether oxygens (including phenoxy) is 6. The minimum Gasteiger partial charge on any atom is -0.481 e. The molecule has 20 heteroatoms. The molecule has 4 N–H and O–H groups in total. The molecule has 0 aliphatic heterocycles. The van der Waals surface area contributed by atoms with Crippen molar-refractivity contribution in [2.45, 2.75) is 220 Å². The summed E-state index contributed by atoms with van der Waals surface area (Å²) in [7, 11) is 0. The number of carbonyl (C=O) groups is 10. The van der Waals surface area contributed by atoms with Crippen molar-refractivity contribution in [1.82, 2.24) is 0 Å². The lowest BCUT2D eigenvalue weighted by atomic mass is 9.69. The fourth-order valence-electron chi connectivity index (χ4n) is 12.8. The van der Waals surface area contributed by atoms with E-state index in [1.165, 1.54) is 12.2 Å². The van der Waals surface area contributed by atoms with Gasteiger partial charge in [-0.2, -0.15) is 0 Å². The van der Waals surface area contributed by atoms with Gasteiger partial charge in [0.05, 0.1) is 48.2 Å². The van der Waals surface area contributed by atoms with Crippen molar-refractivity contribution in [3.63, 3.8) is 0 Å². The molecule has 3 atom stereocenters. The first-order chi connectivity index (χ1) is 41.7. The van der Waals surface area contributed by atoms with Crippen LogP contribution in [0, 0.1) is 76.9 Å². The Morgan fingerprint density at radius 2 is 0.568 bits per heavy atom. The van der Waals surface area contributed by atoms with E-state index >= 15 is 0 Å². The van der Waals surface area contributed by atoms with Gasteiger partial charge in [-0.05, 0) is 223 Å². The molecule has 0 amide bonds. The zero-order valence-corrected chi connectivity index (χ0v) is 53.5. The van der Waals surface area contributed by atoms with Crippen LogP contribution in [0.15, 0.2) is 50.6 Å². The monoisotopic (exact) mass is 1240 g/mol. The second-order valence-corrected chi connectivity index (χ2v) is 25.3. The molecule has 0 aromatic rings. The molecule has 6 saturated carbocycles. The molecule has 6 aliphatic carbocycles. The molecule has 0 radical (unpaired) electrons. The Kier molecular flexibility index (Phi) is 37.6. The summed E-state index contributed by atoms with van der Waals surface area (Å²) in [5, 5.41) is 36.1. The summed E-state index contributed by atoms with van der Waals surface area (Å²) in [4.78, 5) is 111. The van der Waals surface area contributed by atoms with Gasteiger partial charge in [0.2, 0.25) is 0 Å². The SMILES string of the molecule is C=CC(=O)OC(C)CC.C=CC(=O)OC(C)COC(=O)C1CCC(C2CCC(C(=O)O)CC2)CC1.C=CC(=O)OCC(C)C.C=CC(=O)OCC(C)OC(=O)C1CCC(C2CCC(C(=O)O)CC2)CC1.O=C(O)C1CCC(C2CCC(C(=O)O)CC2)CC1. The van der Waals surface area contributed by atoms with Gasteiger partial charge in [-0.15, -0.1) is 0 Å². The highest BCUT2D eigenvalue weighted by atomic mass is 16.6. The largest absolute Gasteiger partial charge is 0.481 e. The average Bonchev–Trinajstić information content (AvgIpc) is 3.26. The van der Waals surface area contributed by atoms with Crippen molar-refractivity contribution in [3.05, 3.63) is 50.6 Å². The predicted molar refractivity (Wildman–Crippen MR) is 329 cm³/mol. The molecule has 20 nitrogen and oxygen atoms in total. The van der Waals surface area contributed by atoms with Gasteiger partial charge < -0.3 is 48.8 Å². The van der Waals surface area contributed by atoms with Crippen LogP contribution >= 0.6 is 0 Å². The number of carboxylic acid groups (broad SMARTS) is 4. The lowest BCUT2D eigenvalue weighted by Gasteiger charge is -2.36. The highest BCUT2D eigenvalue weighted by molar-refractivity contribution is 5.82. The van der Waals surface area contributed by atoms with E-state index in [0.717, 1.165) is 173 Å². The molecule has 6 aliphatic rings. The Morgan fingerprint density at radius 3 is 0.830 bits per heavy atom. The molecular weight excluding hydrogens is 1140 g/mol. The first-order valence-electron chi connectivity index (χ1n) is 32.3. The van der Waals surface area contributed by atoms with Crippen molar-refractivity contribution in [2.75, 3.05) is 19.8 Å². The van der Waals surface area contributed by atoms with Gasteiger partial charge >= 0.3 is 59.7 Å². The lowest BCUT2D eigenvalue weighted by Crippen LogP contribution is -2.32. The molecule has 88 heavy (non-hydrogen) atoms.